The van der Waals surface area contributed by atoms with E-state index in [1.807, 2.05) is 12.1 Å². The van der Waals surface area contributed by atoms with Crippen LogP contribution >= 0.6 is 0 Å². The first-order valence-electron chi connectivity index (χ1n) is 8.30. The van der Waals surface area contributed by atoms with Gasteiger partial charge in [0, 0.05) is 31.0 Å². The quantitative estimate of drug-likeness (QED) is 0.928. The summed E-state index contributed by atoms with van der Waals surface area (Å²) in [5, 5.41) is 3.32. The standard InChI is InChI=1S/C18H26N2O2/c1-20-11-16(14-8-5-9-15(10-14)22-2)17(12-20)19-18(21)13-6-3-4-7-13/h5,8-10,13,16-17H,3-4,6-7,11-12H2,1-2H3,(H,19,21)/t16-,17+/m1/s1. The van der Waals surface area contributed by atoms with Crippen molar-refractivity contribution < 1.29 is 9.53 Å². The van der Waals surface area contributed by atoms with Gasteiger partial charge in [0.25, 0.3) is 0 Å². The maximum atomic E-state index is 12.5. The molecule has 4 heteroatoms. The zero-order valence-corrected chi connectivity index (χ0v) is 13.5. The topological polar surface area (TPSA) is 41.6 Å². The van der Waals surface area contributed by atoms with Gasteiger partial charge < -0.3 is 15.0 Å². The number of carbonyl (C=O) groups excluding carboxylic acids is 1. The molecule has 1 heterocycles. The molecular weight excluding hydrogens is 276 g/mol. The minimum absolute atomic E-state index is 0.199. The van der Waals surface area contributed by atoms with Gasteiger partial charge in [0.1, 0.15) is 5.75 Å². The summed E-state index contributed by atoms with van der Waals surface area (Å²) in [7, 11) is 3.81. The molecule has 2 atom stereocenters. The molecule has 0 spiro atoms. The number of benzene rings is 1. The highest BCUT2D eigenvalue weighted by Crippen LogP contribution is 2.30. The summed E-state index contributed by atoms with van der Waals surface area (Å²) in [6, 6.07) is 8.43. The Balaban J connectivity index is 1.72. The summed E-state index contributed by atoms with van der Waals surface area (Å²) in [5.74, 6) is 1.71. The van der Waals surface area contributed by atoms with E-state index >= 15 is 0 Å². The first kappa shape index (κ1) is 15.3. The highest BCUT2D eigenvalue weighted by atomic mass is 16.5. The van der Waals surface area contributed by atoms with Gasteiger partial charge in [-0.15, -0.1) is 0 Å². The third kappa shape index (κ3) is 3.27. The molecule has 1 aromatic rings. The smallest absolute Gasteiger partial charge is 0.223 e. The lowest BCUT2D eigenvalue weighted by Crippen LogP contribution is -2.42. The SMILES string of the molecule is COc1cccc([C@H]2CN(C)C[C@@H]2NC(=O)C2CCCC2)c1. The van der Waals surface area contributed by atoms with E-state index in [1.165, 1.54) is 18.4 Å². The fourth-order valence-corrected chi connectivity index (χ4v) is 3.85. The third-order valence-electron chi connectivity index (χ3n) is 5.08. The molecule has 1 amide bonds. The molecule has 1 saturated carbocycles. The number of hydrogen-bond acceptors (Lipinski definition) is 3. The first-order valence-corrected chi connectivity index (χ1v) is 8.30. The molecule has 1 aliphatic heterocycles. The summed E-state index contributed by atoms with van der Waals surface area (Å²) in [4.78, 5) is 14.7. The molecule has 120 valence electrons. The number of methoxy groups -OCH3 is 1. The summed E-state index contributed by atoms with van der Waals surface area (Å²) >= 11 is 0. The van der Waals surface area contributed by atoms with Gasteiger partial charge >= 0.3 is 0 Å². The van der Waals surface area contributed by atoms with E-state index in [0.717, 1.165) is 31.7 Å². The summed E-state index contributed by atoms with van der Waals surface area (Å²) in [5.41, 5.74) is 1.25. The van der Waals surface area contributed by atoms with Crippen LogP contribution in [0.2, 0.25) is 0 Å². The average molecular weight is 302 g/mol. The maximum absolute atomic E-state index is 12.5. The largest absolute Gasteiger partial charge is 0.497 e. The second kappa shape index (κ2) is 6.69. The summed E-state index contributed by atoms with van der Waals surface area (Å²) in [6.07, 6.45) is 4.50. The lowest BCUT2D eigenvalue weighted by Gasteiger charge is -2.22. The minimum Gasteiger partial charge on any atom is -0.497 e. The van der Waals surface area contributed by atoms with Crippen molar-refractivity contribution in [3.8, 4) is 5.75 Å². The number of ether oxygens (including phenoxy) is 1. The van der Waals surface area contributed by atoms with E-state index in [9.17, 15) is 4.79 Å². The number of hydrogen-bond donors (Lipinski definition) is 1. The van der Waals surface area contributed by atoms with E-state index in [-0.39, 0.29) is 17.9 Å². The van der Waals surface area contributed by atoms with Crippen molar-refractivity contribution >= 4 is 5.91 Å². The summed E-state index contributed by atoms with van der Waals surface area (Å²) in [6.45, 7) is 1.89. The Morgan fingerprint density at radius 1 is 1.27 bits per heavy atom. The van der Waals surface area contributed by atoms with Crippen LogP contribution in [-0.4, -0.2) is 44.1 Å². The molecule has 1 N–H and O–H groups in total. The molecule has 3 rings (SSSR count). The highest BCUT2D eigenvalue weighted by molar-refractivity contribution is 5.79. The molecule has 0 radical (unpaired) electrons. The number of carbonyl (C=O) groups is 1. The van der Waals surface area contributed by atoms with Gasteiger partial charge in [-0.25, -0.2) is 0 Å². The molecule has 1 saturated heterocycles. The molecule has 0 bridgehead atoms. The van der Waals surface area contributed by atoms with Crippen molar-refractivity contribution in [2.24, 2.45) is 5.92 Å². The normalized spacial score (nSPS) is 26.3. The van der Waals surface area contributed by atoms with Crippen molar-refractivity contribution in [3.63, 3.8) is 0 Å². The molecular formula is C18H26N2O2. The molecule has 0 aromatic heterocycles. The minimum atomic E-state index is 0.199. The van der Waals surface area contributed by atoms with Crippen LogP contribution in [0.5, 0.6) is 5.75 Å². The van der Waals surface area contributed by atoms with E-state index in [0.29, 0.717) is 5.92 Å². The van der Waals surface area contributed by atoms with Gasteiger partial charge in [0.2, 0.25) is 5.91 Å². The Kier molecular flexibility index (Phi) is 4.67. The first-order chi connectivity index (χ1) is 10.7. The van der Waals surface area contributed by atoms with Crippen LogP contribution < -0.4 is 10.1 Å². The van der Waals surface area contributed by atoms with Gasteiger partial charge in [0.15, 0.2) is 0 Å². The number of likely N-dealkylation sites (tertiary alicyclic amines) is 1. The van der Waals surface area contributed by atoms with Crippen molar-refractivity contribution in [2.75, 3.05) is 27.2 Å². The van der Waals surface area contributed by atoms with Crippen LogP contribution in [0.15, 0.2) is 24.3 Å². The second-order valence-corrected chi connectivity index (χ2v) is 6.70. The number of nitrogens with zero attached hydrogens (tertiary/aromatic N) is 1. The molecule has 1 aliphatic carbocycles. The number of amides is 1. The van der Waals surface area contributed by atoms with Crippen molar-refractivity contribution in [3.05, 3.63) is 29.8 Å². The van der Waals surface area contributed by atoms with Crippen molar-refractivity contribution in [2.45, 2.75) is 37.6 Å². The van der Waals surface area contributed by atoms with Crippen molar-refractivity contribution in [1.82, 2.24) is 10.2 Å². The Labute approximate surface area is 132 Å². The number of rotatable bonds is 4. The predicted molar refractivity (Wildman–Crippen MR) is 87.1 cm³/mol. The molecule has 0 unspecified atom stereocenters. The second-order valence-electron chi connectivity index (χ2n) is 6.70. The number of nitrogens with one attached hydrogen (secondary N) is 1. The Hall–Kier alpha value is -1.55. The zero-order chi connectivity index (χ0) is 15.5. The van der Waals surface area contributed by atoms with E-state index < -0.39 is 0 Å². The molecule has 2 fully saturated rings. The highest BCUT2D eigenvalue weighted by Gasteiger charge is 2.35. The van der Waals surface area contributed by atoms with Crippen LogP contribution in [0.4, 0.5) is 0 Å². The fraction of sp³-hybridized carbons (Fsp3) is 0.611. The lowest BCUT2D eigenvalue weighted by molar-refractivity contribution is -0.125. The molecule has 4 nitrogen and oxygen atoms in total. The zero-order valence-electron chi connectivity index (χ0n) is 13.5. The molecule has 1 aromatic carbocycles. The Morgan fingerprint density at radius 2 is 2.05 bits per heavy atom. The predicted octanol–water partition coefficient (Wildman–Crippen LogP) is 2.40. The molecule has 22 heavy (non-hydrogen) atoms. The van der Waals surface area contributed by atoms with Crippen LogP contribution in [0.1, 0.15) is 37.2 Å². The summed E-state index contributed by atoms with van der Waals surface area (Å²) < 4.78 is 5.34. The van der Waals surface area contributed by atoms with Crippen LogP contribution in [0.25, 0.3) is 0 Å². The van der Waals surface area contributed by atoms with E-state index in [2.05, 4.69) is 29.4 Å². The lowest BCUT2D eigenvalue weighted by atomic mass is 9.93. The van der Waals surface area contributed by atoms with Gasteiger partial charge in [-0.2, -0.15) is 0 Å². The average Bonchev–Trinajstić information content (AvgIpc) is 3.17. The van der Waals surface area contributed by atoms with Crippen LogP contribution in [-0.2, 0) is 4.79 Å². The Bertz CT molecular complexity index is 526. The Morgan fingerprint density at radius 3 is 2.77 bits per heavy atom. The van der Waals surface area contributed by atoms with E-state index in [1.54, 1.807) is 7.11 Å². The van der Waals surface area contributed by atoms with Crippen LogP contribution in [0.3, 0.4) is 0 Å². The maximum Gasteiger partial charge on any atom is 0.223 e. The van der Waals surface area contributed by atoms with Gasteiger partial charge in [-0.3, -0.25) is 4.79 Å². The van der Waals surface area contributed by atoms with Gasteiger partial charge in [0.05, 0.1) is 7.11 Å². The van der Waals surface area contributed by atoms with E-state index in [4.69, 9.17) is 4.74 Å². The third-order valence-corrected chi connectivity index (χ3v) is 5.08. The van der Waals surface area contributed by atoms with Crippen molar-refractivity contribution in [1.29, 1.82) is 0 Å². The molecule has 2 aliphatic rings. The fourth-order valence-electron chi connectivity index (χ4n) is 3.85. The van der Waals surface area contributed by atoms with Crippen LogP contribution in [0, 0.1) is 5.92 Å². The van der Waals surface area contributed by atoms with Gasteiger partial charge in [-0.05, 0) is 37.6 Å². The van der Waals surface area contributed by atoms with Gasteiger partial charge in [-0.1, -0.05) is 25.0 Å². The number of likely N-dealkylation sites (N-methyl/N-ethyl adjacent to an activating group) is 1. The monoisotopic (exact) mass is 302 g/mol.